The lowest BCUT2D eigenvalue weighted by molar-refractivity contribution is -0.124. The van der Waals surface area contributed by atoms with Gasteiger partial charge < -0.3 is 10.1 Å². The van der Waals surface area contributed by atoms with Gasteiger partial charge in [-0.25, -0.2) is 4.39 Å². The first-order valence-electron chi connectivity index (χ1n) is 6.93. The molecule has 1 amide bonds. The minimum absolute atomic E-state index is 0.166. The quantitative estimate of drug-likeness (QED) is 0.894. The fraction of sp³-hybridized carbons (Fsp3) is 0.533. The predicted octanol–water partition coefficient (Wildman–Crippen LogP) is 3.56. The summed E-state index contributed by atoms with van der Waals surface area (Å²) >= 11 is 11.9. The van der Waals surface area contributed by atoms with Crippen LogP contribution < -0.4 is 5.32 Å². The van der Waals surface area contributed by atoms with E-state index in [0.717, 1.165) is 5.56 Å². The molecule has 1 N–H and O–H groups in total. The van der Waals surface area contributed by atoms with Gasteiger partial charge in [0.1, 0.15) is 6.67 Å². The molecule has 6 heteroatoms. The maximum absolute atomic E-state index is 13.3. The van der Waals surface area contributed by atoms with Gasteiger partial charge in [-0.3, -0.25) is 4.79 Å². The molecule has 1 aromatic rings. The molecule has 1 aliphatic rings. The van der Waals surface area contributed by atoms with Crippen molar-refractivity contribution in [2.24, 2.45) is 0 Å². The third-order valence-electron chi connectivity index (χ3n) is 3.75. The van der Waals surface area contributed by atoms with Crippen molar-refractivity contribution >= 4 is 29.1 Å². The summed E-state index contributed by atoms with van der Waals surface area (Å²) in [5, 5.41) is 3.93. The van der Waals surface area contributed by atoms with Crippen LogP contribution in [0.1, 0.15) is 24.8 Å². The number of hydrogen-bond acceptors (Lipinski definition) is 2. The van der Waals surface area contributed by atoms with Gasteiger partial charge in [-0.15, -0.1) is 0 Å². The van der Waals surface area contributed by atoms with E-state index < -0.39 is 12.2 Å². The Hall–Kier alpha value is -0.840. The molecule has 0 aromatic heterocycles. The van der Waals surface area contributed by atoms with E-state index in [0.29, 0.717) is 42.5 Å². The van der Waals surface area contributed by atoms with Crippen molar-refractivity contribution in [3.8, 4) is 0 Å². The highest BCUT2D eigenvalue weighted by Crippen LogP contribution is 2.23. The number of hydrogen-bond donors (Lipinski definition) is 1. The number of amides is 1. The summed E-state index contributed by atoms with van der Waals surface area (Å²) in [6, 6.07) is 5.19. The van der Waals surface area contributed by atoms with Crippen LogP contribution >= 0.6 is 23.2 Å². The summed E-state index contributed by atoms with van der Waals surface area (Å²) in [6.45, 7) is 0.393. The van der Waals surface area contributed by atoms with Crippen molar-refractivity contribution in [2.45, 2.75) is 31.2 Å². The Bertz CT molecular complexity index is 504. The first kappa shape index (κ1) is 16.5. The van der Waals surface area contributed by atoms with Crippen molar-refractivity contribution in [1.29, 1.82) is 0 Å². The van der Waals surface area contributed by atoms with Crippen molar-refractivity contribution in [3.63, 3.8) is 0 Å². The van der Waals surface area contributed by atoms with Crippen LogP contribution in [0, 0.1) is 0 Å². The number of halogens is 3. The molecule has 0 unspecified atom stereocenters. The molecule has 1 saturated heterocycles. The molecule has 0 spiro atoms. The van der Waals surface area contributed by atoms with Gasteiger partial charge in [-0.05, 0) is 37.0 Å². The van der Waals surface area contributed by atoms with Gasteiger partial charge in [0.25, 0.3) is 0 Å². The molecule has 0 atom stereocenters. The number of benzene rings is 1. The molecular weight excluding hydrogens is 316 g/mol. The van der Waals surface area contributed by atoms with Gasteiger partial charge in [-0.1, -0.05) is 29.3 Å². The molecule has 21 heavy (non-hydrogen) atoms. The molecule has 0 aliphatic carbocycles. The zero-order valence-electron chi connectivity index (χ0n) is 11.6. The first-order valence-corrected chi connectivity index (χ1v) is 7.69. The molecule has 0 radical (unpaired) electrons. The highest BCUT2D eigenvalue weighted by atomic mass is 35.5. The van der Waals surface area contributed by atoms with E-state index in [1.807, 2.05) is 0 Å². The van der Waals surface area contributed by atoms with Crippen LogP contribution in [0.3, 0.4) is 0 Å². The molecule has 1 aromatic carbocycles. The highest BCUT2D eigenvalue weighted by molar-refractivity contribution is 6.35. The number of aryl methyl sites for hydroxylation is 1. The zero-order valence-corrected chi connectivity index (χ0v) is 13.1. The van der Waals surface area contributed by atoms with Gasteiger partial charge in [-0.2, -0.15) is 0 Å². The lowest BCUT2D eigenvalue weighted by Gasteiger charge is -2.35. The topological polar surface area (TPSA) is 38.3 Å². The van der Waals surface area contributed by atoms with Crippen molar-refractivity contribution in [1.82, 2.24) is 5.32 Å². The van der Waals surface area contributed by atoms with Gasteiger partial charge >= 0.3 is 0 Å². The summed E-state index contributed by atoms with van der Waals surface area (Å²) in [4.78, 5) is 12.0. The molecule has 0 bridgehead atoms. The Morgan fingerprint density at radius 3 is 2.67 bits per heavy atom. The lowest BCUT2D eigenvalue weighted by atomic mass is 9.91. The summed E-state index contributed by atoms with van der Waals surface area (Å²) in [7, 11) is 0. The van der Waals surface area contributed by atoms with E-state index in [-0.39, 0.29) is 12.3 Å². The third-order valence-corrected chi connectivity index (χ3v) is 4.33. The largest absolute Gasteiger partial charge is 0.381 e. The van der Waals surface area contributed by atoms with E-state index in [1.165, 1.54) is 0 Å². The second-order valence-electron chi connectivity index (χ2n) is 5.31. The van der Waals surface area contributed by atoms with Crippen LogP contribution in [0.4, 0.5) is 4.39 Å². The number of carbonyl (C=O) groups excluding carboxylic acids is 1. The van der Waals surface area contributed by atoms with E-state index >= 15 is 0 Å². The lowest BCUT2D eigenvalue weighted by Crippen LogP contribution is -2.53. The first-order chi connectivity index (χ1) is 10.0. The van der Waals surface area contributed by atoms with E-state index in [4.69, 9.17) is 27.9 Å². The summed E-state index contributed by atoms with van der Waals surface area (Å²) in [5.74, 6) is -0.166. The Morgan fingerprint density at radius 1 is 1.33 bits per heavy atom. The predicted molar refractivity (Wildman–Crippen MR) is 81.7 cm³/mol. The maximum atomic E-state index is 13.3. The fourth-order valence-corrected chi connectivity index (χ4v) is 2.89. The molecule has 1 fully saturated rings. The number of nitrogens with one attached hydrogen (secondary N) is 1. The van der Waals surface area contributed by atoms with E-state index in [1.54, 1.807) is 18.2 Å². The molecule has 3 nitrogen and oxygen atoms in total. The normalized spacial score (nSPS) is 17.5. The minimum Gasteiger partial charge on any atom is -0.381 e. The van der Waals surface area contributed by atoms with Gasteiger partial charge in [0.15, 0.2) is 0 Å². The van der Waals surface area contributed by atoms with Crippen LogP contribution in [0.2, 0.25) is 10.0 Å². The number of carbonyl (C=O) groups is 1. The third kappa shape index (κ3) is 4.56. The van der Waals surface area contributed by atoms with Crippen LogP contribution in [-0.2, 0) is 16.0 Å². The molecular formula is C15H18Cl2FNO2. The molecule has 1 aliphatic heterocycles. The van der Waals surface area contributed by atoms with E-state index in [9.17, 15) is 9.18 Å². The van der Waals surface area contributed by atoms with Crippen LogP contribution in [0.25, 0.3) is 0 Å². The summed E-state index contributed by atoms with van der Waals surface area (Å²) < 4.78 is 18.5. The number of alkyl halides is 1. The highest BCUT2D eigenvalue weighted by Gasteiger charge is 2.34. The second kappa shape index (κ2) is 7.43. The summed E-state index contributed by atoms with van der Waals surface area (Å²) in [6.07, 6.45) is 1.79. The molecule has 0 saturated carbocycles. The van der Waals surface area contributed by atoms with Crippen LogP contribution in [0.5, 0.6) is 0 Å². The number of rotatable bonds is 5. The van der Waals surface area contributed by atoms with Gasteiger partial charge in [0, 0.05) is 29.7 Å². The average Bonchev–Trinajstić information content (AvgIpc) is 2.47. The van der Waals surface area contributed by atoms with Crippen LogP contribution in [-0.4, -0.2) is 31.3 Å². The summed E-state index contributed by atoms with van der Waals surface area (Å²) in [5.41, 5.74) is 0.0940. The average molecular weight is 334 g/mol. The molecule has 1 heterocycles. The van der Waals surface area contributed by atoms with Crippen LogP contribution in [0.15, 0.2) is 18.2 Å². The SMILES string of the molecule is O=C(CCc1ccc(Cl)cc1Cl)NC1(CF)CCOCC1. The molecule has 116 valence electrons. The smallest absolute Gasteiger partial charge is 0.220 e. The van der Waals surface area contributed by atoms with Crippen molar-refractivity contribution in [2.75, 3.05) is 19.9 Å². The Balaban J connectivity index is 1.89. The Kier molecular flexibility index (Phi) is 5.85. The maximum Gasteiger partial charge on any atom is 0.220 e. The fourth-order valence-electron chi connectivity index (χ4n) is 2.39. The zero-order chi connectivity index (χ0) is 15.3. The molecule has 2 rings (SSSR count). The minimum atomic E-state index is -0.765. The van der Waals surface area contributed by atoms with Gasteiger partial charge in [0.05, 0.1) is 5.54 Å². The number of ether oxygens (including phenoxy) is 1. The van der Waals surface area contributed by atoms with Gasteiger partial charge in [0.2, 0.25) is 5.91 Å². The monoisotopic (exact) mass is 333 g/mol. The Morgan fingerprint density at radius 2 is 2.05 bits per heavy atom. The van der Waals surface area contributed by atoms with Crippen molar-refractivity contribution in [3.05, 3.63) is 33.8 Å². The Labute approximate surface area is 133 Å². The second-order valence-corrected chi connectivity index (χ2v) is 6.15. The standard InChI is InChI=1S/C15H18Cl2FNO2/c16-12-3-1-11(13(17)9-12)2-4-14(20)19-15(10-18)5-7-21-8-6-15/h1,3,9H,2,4-8,10H2,(H,19,20). The van der Waals surface area contributed by atoms with E-state index in [2.05, 4.69) is 5.32 Å². The van der Waals surface area contributed by atoms with Crippen molar-refractivity contribution < 1.29 is 13.9 Å².